The second-order valence-corrected chi connectivity index (χ2v) is 6.36. The van der Waals surface area contributed by atoms with Gasteiger partial charge in [0.25, 0.3) is 0 Å². The van der Waals surface area contributed by atoms with E-state index in [1.54, 1.807) is 23.1 Å². The second-order valence-electron chi connectivity index (χ2n) is 6.36. The molecule has 0 saturated carbocycles. The van der Waals surface area contributed by atoms with Crippen LogP contribution in [0.5, 0.6) is 5.75 Å². The number of ether oxygens (including phenoxy) is 1. The molecule has 2 rings (SSSR count). The Morgan fingerprint density at radius 1 is 1.46 bits per heavy atom. The molecule has 1 aliphatic rings. The molecule has 26 heavy (non-hydrogen) atoms. The van der Waals surface area contributed by atoms with Crippen molar-refractivity contribution in [3.8, 4) is 5.75 Å². The molecule has 0 bridgehead atoms. The maximum absolute atomic E-state index is 12.5. The van der Waals surface area contributed by atoms with E-state index in [4.69, 9.17) is 9.84 Å². The van der Waals surface area contributed by atoms with Crippen molar-refractivity contribution in [1.29, 1.82) is 0 Å². The second kappa shape index (κ2) is 9.91. The van der Waals surface area contributed by atoms with Gasteiger partial charge in [-0.15, -0.1) is 0 Å². The highest BCUT2D eigenvalue weighted by Gasteiger charge is 2.24. The van der Waals surface area contributed by atoms with E-state index in [9.17, 15) is 14.9 Å². The van der Waals surface area contributed by atoms with Gasteiger partial charge in [0.1, 0.15) is 0 Å². The number of rotatable bonds is 8. The molecule has 1 N–H and O–H groups in total. The van der Waals surface area contributed by atoms with Crippen LogP contribution in [0.2, 0.25) is 0 Å². The van der Waals surface area contributed by atoms with Crippen LogP contribution >= 0.6 is 0 Å². The highest BCUT2D eigenvalue weighted by Crippen LogP contribution is 2.29. The van der Waals surface area contributed by atoms with Gasteiger partial charge in [0.2, 0.25) is 5.91 Å². The average Bonchev–Trinajstić information content (AvgIpc) is 2.65. The van der Waals surface area contributed by atoms with Gasteiger partial charge in [-0.25, -0.2) is 0 Å². The number of aliphatic hydroxyl groups is 1. The first-order chi connectivity index (χ1) is 12.6. The lowest BCUT2D eigenvalue weighted by Gasteiger charge is -2.34. The molecule has 1 saturated heterocycles. The van der Waals surface area contributed by atoms with Crippen LogP contribution in [0.1, 0.15) is 44.6 Å². The molecule has 1 aromatic carbocycles. The highest BCUT2D eigenvalue weighted by molar-refractivity contribution is 5.92. The SMILES string of the molecule is CCCOc1ccc(/C=C/C(=O)N2CCCCC2CCO)cc1[N+](=O)[O-]. The third-order valence-corrected chi connectivity index (χ3v) is 4.43. The third kappa shape index (κ3) is 5.29. The van der Waals surface area contributed by atoms with Crippen LogP contribution in [0.15, 0.2) is 24.3 Å². The fourth-order valence-electron chi connectivity index (χ4n) is 3.12. The fraction of sp³-hybridized carbons (Fsp3) is 0.526. The standard InChI is InChI=1S/C19H26N2O5/c1-2-13-26-18-8-6-15(14-17(18)21(24)25)7-9-19(23)20-11-4-3-5-16(20)10-12-22/h6-9,14,16,22H,2-5,10-13H2,1H3/b9-7+. The fourth-order valence-corrected chi connectivity index (χ4v) is 3.12. The quantitative estimate of drug-likeness (QED) is 0.436. The Morgan fingerprint density at radius 2 is 2.27 bits per heavy atom. The zero-order valence-electron chi connectivity index (χ0n) is 15.1. The number of amides is 1. The van der Waals surface area contributed by atoms with Crippen molar-refractivity contribution in [3.05, 3.63) is 40.0 Å². The van der Waals surface area contributed by atoms with Crippen molar-refractivity contribution >= 4 is 17.7 Å². The van der Waals surface area contributed by atoms with Crippen LogP contribution in [0, 0.1) is 10.1 Å². The van der Waals surface area contributed by atoms with E-state index in [2.05, 4.69) is 0 Å². The summed E-state index contributed by atoms with van der Waals surface area (Å²) in [6.45, 7) is 3.08. The summed E-state index contributed by atoms with van der Waals surface area (Å²) in [7, 11) is 0. The van der Waals surface area contributed by atoms with Crippen LogP contribution in [-0.4, -0.2) is 46.6 Å². The summed E-state index contributed by atoms with van der Waals surface area (Å²) in [5, 5.41) is 20.4. The maximum atomic E-state index is 12.5. The Hall–Kier alpha value is -2.41. The zero-order chi connectivity index (χ0) is 18.9. The molecule has 7 nitrogen and oxygen atoms in total. The minimum atomic E-state index is -0.480. The Bertz CT molecular complexity index is 657. The van der Waals surface area contributed by atoms with E-state index in [1.165, 1.54) is 12.1 Å². The molecular formula is C19H26N2O5. The lowest BCUT2D eigenvalue weighted by molar-refractivity contribution is -0.385. The van der Waals surface area contributed by atoms with Gasteiger partial charge in [0.05, 0.1) is 11.5 Å². The van der Waals surface area contributed by atoms with Crippen LogP contribution in [-0.2, 0) is 4.79 Å². The Labute approximate surface area is 153 Å². The molecule has 1 amide bonds. The molecule has 0 radical (unpaired) electrons. The number of nitrogens with zero attached hydrogens (tertiary/aromatic N) is 2. The number of piperidine rings is 1. The number of hydrogen-bond donors (Lipinski definition) is 1. The van der Waals surface area contributed by atoms with Gasteiger partial charge in [-0.2, -0.15) is 0 Å². The van der Waals surface area contributed by atoms with Crippen molar-refractivity contribution in [1.82, 2.24) is 4.90 Å². The topological polar surface area (TPSA) is 92.9 Å². The van der Waals surface area contributed by atoms with Crippen molar-refractivity contribution < 1.29 is 19.6 Å². The first-order valence-electron chi connectivity index (χ1n) is 9.07. The number of aliphatic hydroxyl groups excluding tert-OH is 1. The lowest BCUT2D eigenvalue weighted by atomic mass is 9.99. The Balaban J connectivity index is 2.12. The minimum absolute atomic E-state index is 0.0591. The van der Waals surface area contributed by atoms with E-state index < -0.39 is 4.92 Å². The number of nitro benzene ring substituents is 1. The molecule has 1 atom stereocenters. The molecule has 1 unspecified atom stereocenters. The summed E-state index contributed by atoms with van der Waals surface area (Å²) in [6, 6.07) is 4.73. The first kappa shape index (κ1) is 19.9. The third-order valence-electron chi connectivity index (χ3n) is 4.43. The van der Waals surface area contributed by atoms with E-state index in [0.29, 0.717) is 25.1 Å². The summed E-state index contributed by atoms with van der Waals surface area (Å²) >= 11 is 0. The first-order valence-corrected chi connectivity index (χ1v) is 9.07. The number of likely N-dealkylation sites (tertiary alicyclic amines) is 1. The van der Waals surface area contributed by atoms with E-state index in [-0.39, 0.29) is 30.0 Å². The van der Waals surface area contributed by atoms with Crippen molar-refractivity contribution in [3.63, 3.8) is 0 Å². The number of nitro groups is 1. The van der Waals surface area contributed by atoms with Gasteiger partial charge < -0.3 is 14.7 Å². The highest BCUT2D eigenvalue weighted by atomic mass is 16.6. The van der Waals surface area contributed by atoms with Crippen LogP contribution in [0.3, 0.4) is 0 Å². The average molecular weight is 362 g/mol. The summed E-state index contributed by atoms with van der Waals surface area (Å²) in [5.41, 5.74) is 0.466. The molecule has 7 heteroatoms. The van der Waals surface area contributed by atoms with E-state index in [0.717, 1.165) is 25.7 Å². The van der Waals surface area contributed by atoms with Gasteiger partial charge in [0, 0.05) is 31.3 Å². The summed E-state index contributed by atoms with van der Waals surface area (Å²) < 4.78 is 5.40. The van der Waals surface area contributed by atoms with Crippen LogP contribution in [0.4, 0.5) is 5.69 Å². The predicted octanol–water partition coefficient (Wildman–Crippen LogP) is 3.16. The number of benzene rings is 1. The van der Waals surface area contributed by atoms with E-state index in [1.807, 2.05) is 6.92 Å². The van der Waals surface area contributed by atoms with E-state index >= 15 is 0 Å². The molecule has 1 aliphatic heterocycles. The van der Waals surface area contributed by atoms with Crippen LogP contribution in [0.25, 0.3) is 6.08 Å². The normalized spacial score (nSPS) is 17.5. The summed E-state index contributed by atoms with van der Waals surface area (Å²) in [5.74, 6) is 0.108. The molecule has 1 aromatic rings. The zero-order valence-corrected chi connectivity index (χ0v) is 15.1. The molecule has 0 spiro atoms. The van der Waals surface area contributed by atoms with Gasteiger partial charge in [0.15, 0.2) is 5.75 Å². The monoisotopic (exact) mass is 362 g/mol. The van der Waals surface area contributed by atoms with Crippen molar-refractivity contribution in [2.24, 2.45) is 0 Å². The summed E-state index contributed by atoms with van der Waals surface area (Å²) in [6.07, 6.45) is 7.28. The van der Waals surface area contributed by atoms with Crippen molar-refractivity contribution in [2.45, 2.75) is 45.1 Å². The molecular weight excluding hydrogens is 336 g/mol. The maximum Gasteiger partial charge on any atom is 0.311 e. The van der Waals surface area contributed by atoms with Crippen LogP contribution < -0.4 is 4.74 Å². The van der Waals surface area contributed by atoms with Crippen molar-refractivity contribution in [2.75, 3.05) is 19.8 Å². The number of carbonyl (C=O) groups excluding carboxylic acids is 1. The largest absolute Gasteiger partial charge is 0.487 e. The van der Waals surface area contributed by atoms with Gasteiger partial charge >= 0.3 is 5.69 Å². The molecule has 0 aromatic heterocycles. The van der Waals surface area contributed by atoms with Gasteiger partial charge in [-0.05, 0) is 49.8 Å². The molecule has 142 valence electrons. The van der Waals surface area contributed by atoms with Gasteiger partial charge in [-0.3, -0.25) is 14.9 Å². The molecule has 0 aliphatic carbocycles. The lowest BCUT2D eigenvalue weighted by Crippen LogP contribution is -2.43. The minimum Gasteiger partial charge on any atom is -0.487 e. The Kier molecular flexibility index (Phi) is 7.59. The molecule has 1 heterocycles. The predicted molar refractivity (Wildman–Crippen MR) is 99.0 cm³/mol. The summed E-state index contributed by atoms with van der Waals surface area (Å²) in [4.78, 5) is 25.0. The number of carbonyl (C=O) groups is 1. The Morgan fingerprint density at radius 3 is 2.96 bits per heavy atom. The number of hydrogen-bond acceptors (Lipinski definition) is 5. The van der Waals surface area contributed by atoms with Gasteiger partial charge in [-0.1, -0.05) is 13.0 Å². The smallest absolute Gasteiger partial charge is 0.311 e. The molecule has 1 fully saturated rings.